The van der Waals surface area contributed by atoms with Crippen molar-refractivity contribution >= 4 is 15.9 Å². The van der Waals surface area contributed by atoms with Gasteiger partial charge in [0.1, 0.15) is 0 Å². The Bertz CT molecular complexity index is 776. The van der Waals surface area contributed by atoms with Gasteiger partial charge in [-0.15, -0.1) is 0 Å². The number of hydrogen-bond acceptors (Lipinski definition) is 4. The van der Waals surface area contributed by atoms with Gasteiger partial charge in [-0.25, -0.2) is 12.7 Å². The van der Waals surface area contributed by atoms with Gasteiger partial charge < -0.3 is 5.32 Å². The number of sulfonamides is 1. The molecular formula is C22H35N3O3S. The highest BCUT2D eigenvalue weighted by atomic mass is 32.2. The number of nitrogens with zero attached hydrogens (tertiary/aromatic N) is 2. The second kappa shape index (κ2) is 9.58. The third-order valence-corrected chi connectivity index (χ3v) is 7.44. The van der Waals surface area contributed by atoms with Crippen molar-refractivity contribution in [1.82, 2.24) is 14.5 Å². The normalized spacial score (nSPS) is 25.1. The van der Waals surface area contributed by atoms with Gasteiger partial charge in [0.15, 0.2) is 0 Å². The number of nitrogens with one attached hydrogen (secondary N) is 1. The Morgan fingerprint density at radius 2 is 1.59 bits per heavy atom. The molecule has 2 atom stereocenters. The number of carbonyl (C=O) groups is 1. The van der Waals surface area contributed by atoms with Crippen LogP contribution in [0.3, 0.4) is 0 Å². The average Bonchev–Trinajstić information content (AvgIpc) is 2.66. The van der Waals surface area contributed by atoms with Crippen LogP contribution in [0.2, 0.25) is 0 Å². The van der Waals surface area contributed by atoms with Gasteiger partial charge in [-0.05, 0) is 42.2 Å². The SMILES string of the molecule is C[C@@H]1C[C@H](C)CN(Cc2ccc(CNC(=O)C3CCN(S(C)(=O)=O)CC3)cc2)C1. The van der Waals surface area contributed by atoms with Crippen LogP contribution >= 0.6 is 0 Å². The third kappa shape index (κ3) is 6.52. The number of rotatable bonds is 6. The fourth-order valence-corrected chi connectivity index (χ4v) is 5.60. The van der Waals surface area contributed by atoms with Gasteiger partial charge >= 0.3 is 0 Å². The molecule has 1 aromatic rings. The lowest BCUT2D eigenvalue weighted by Gasteiger charge is -2.35. The van der Waals surface area contributed by atoms with Gasteiger partial charge in [-0.1, -0.05) is 38.1 Å². The molecule has 0 aliphatic carbocycles. The number of carbonyl (C=O) groups excluding carboxylic acids is 1. The summed E-state index contributed by atoms with van der Waals surface area (Å²) in [5, 5.41) is 3.02. The van der Waals surface area contributed by atoms with E-state index >= 15 is 0 Å². The summed E-state index contributed by atoms with van der Waals surface area (Å²) in [4.78, 5) is 15.0. The van der Waals surface area contributed by atoms with E-state index < -0.39 is 10.0 Å². The van der Waals surface area contributed by atoms with E-state index in [0.29, 0.717) is 32.5 Å². The molecule has 2 heterocycles. The second-order valence-corrected chi connectivity index (χ2v) is 11.1. The summed E-state index contributed by atoms with van der Waals surface area (Å²) in [7, 11) is -3.15. The predicted molar refractivity (Wildman–Crippen MR) is 116 cm³/mol. The average molecular weight is 422 g/mol. The van der Waals surface area contributed by atoms with Crippen LogP contribution in [0.5, 0.6) is 0 Å². The van der Waals surface area contributed by atoms with Gasteiger partial charge in [0, 0.05) is 45.2 Å². The zero-order valence-electron chi connectivity index (χ0n) is 17.9. The third-order valence-electron chi connectivity index (χ3n) is 6.13. The summed E-state index contributed by atoms with van der Waals surface area (Å²) < 4.78 is 24.6. The Morgan fingerprint density at radius 3 is 2.14 bits per heavy atom. The van der Waals surface area contributed by atoms with Gasteiger partial charge in [-0.2, -0.15) is 0 Å². The largest absolute Gasteiger partial charge is 0.352 e. The number of amides is 1. The quantitative estimate of drug-likeness (QED) is 0.766. The maximum Gasteiger partial charge on any atom is 0.223 e. The summed E-state index contributed by atoms with van der Waals surface area (Å²) in [6, 6.07) is 8.52. The van der Waals surface area contributed by atoms with Crippen molar-refractivity contribution in [2.45, 2.75) is 46.2 Å². The molecule has 1 amide bonds. The highest BCUT2D eigenvalue weighted by molar-refractivity contribution is 7.88. The smallest absolute Gasteiger partial charge is 0.223 e. The lowest BCUT2D eigenvalue weighted by atomic mass is 9.91. The first-order valence-corrected chi connectivity index (χ1v) is 12.6. The maximum atomic E-state index is 12.4. The van der Waals surface area contributed by atoms with Gasteiger partial charge in [0.25, 0.3) is 0 Å². The fourth-order valence-electron chi connectivity index (χ4n) is 4.73. The monoisotopic (exact) mass is 421 g/mol. The molecule has 2 aliphatic rings. The van der Waals surface area contributed by atoms with Crippen LogP contribution in [0.25, 0.3) is 0 Å². The Hall–Kier alpha value is -1.44. The van der Waals surface area contributed by atoms with Crippen LogP contribution in [-0.2, 0) is 27.9 Å². The molecule has 0 unspecified atom stereocenters. The molecule has 3 rings (SSSR count). The summed E-state index contributed by atoms with van der Waals surface area (Å²) in [6.45, 7) is 9.36. The Kier molecular flexibility index (Phi) is 7.35. The number of hydrogen-bond donors (Lipinski definition) is 1. The van der Waals surface area contributed by atoms with Crippen molar-refractivity contribution < 1.29 is 13.2 Å². The van der Waals surface area contributed by atoms with E-state index in [0.717, 1.165) is 23.9 Å². The topological polar surface area (TPSA) is 69.7 Å². The molecule has 162 valence electrons. The molecule has 1 N–H and O–H groups in total. The minimum atomic E-state index is -3.15. The zero-order chi connectivity index (χ0) is 21.0. The molecule has 29 heavy (non-hydrogen) atoms. The molecular weight excluding hydrogens is 386 g/mol. The van der Waals surface area contributed by atoms with Gasteiger partial charge in [0.2, 0.25) is 15.9 Å². The molecule has 7 heteroatoms. The van der Waals surface area contributed by atoms with Gasteiger partial charge in [0.05, 0.1) is 6.26 Å². The van der Waals surface area contributed by atoms with Crippen LogP contribution in [0.4, 0.5) is 0 Å². The van der Waals surface area contributed by atoms with Crippen LogP contribution in [0.15, 0.2) is 24.3 Å². The standard InChI is InChI=1S/C22H35N3O3S/c1-17-12-18(2)15-24(14-17)16-20-6-4-19(5-7-20)13-23-22(26)21-8-10-25(11-9-21)29(3,27)28/h4-7,17-18,21H,8-16H2,1-3H3,(H,23,26)/t17-,18+. The summed E-state index contributed by atoms with van der Waals surface area (Å²) in [5.74, 6) is 1.45. The Balaban J connectivity index is 1.44. The van der Waals surface area contributed by atoms with Crippen molar-refractivity contribution in [2.24, 2.45) is 17.8 Å². The van der Waals surface area contributed by atoms with Crippen molar-refractivity contribution in [3.63, 3.8) is 0 Å². The number of likely N-dealkylation sites (tertiary alicyclic amines) is 1. The number of benzene rings is 1. The van der Waals surface area contributed by atoms with E-state index in [9.17, 15) is 13.2 Å². The van der Waals surface area contributed by atoms with Crippen molar-refractivity contribution in [3.05, 3.63) is 35.4 Å². The van der Waals surface area contributed by atoms with E-state index in [1.165, 1.54) is 35.6 Å². The zero-order valence-corrected chi connectivity index (χ0v) is 18.7. The van der Waals surface area contributed by atoms with Crippen LogP contribution in [-0.4, -0.2) is 56.0 Å². The van der Waals surface area contributed by atoms with E-state index in [1.807, 2.05) is 0 Å². The fraction of sp³-hybridized carbons (Fsp3) is 0.682. The predicted octanol–water partition coefficient (Wildman–Crippen LogP) is 2.45. The van der Waals surface area contributed by atoms with Crippen LogP contribution < -0.4 is 5.32 Å². The van der Waals surface area contributed by atoms with E-state index in [1.54, 1.807) is 0 Å². The second-order valence-electron chi connectivity index (χ2n) is 9.11. The summed E-state index contributed by atoms with van der Waals surface area (Å²) in [6.07, 6.45) is 3.72. The summed E-state index contributed by atoms with van der Waals surface area (Å²) in [5.41, 5.74) is 2.41. The highest BCUT2D eigenvalue weighted by Crippen LogP contribution is 2.23. The maximum absolute atomic E-state index is 12.4. The molecule has 0 radical (unpaired) electrons. The number of piperidine rings is 2. The molecule has 0 bridgehead atoms. The molecule has 0 aromatic heterocycles. The minimum Gasteiger partial charge on any atom is -0.352 e. The Labute approximate surface area is 175 Å². The van der Waals surface area contributed by atoms with E-state index in [-0.39, 0.29) is 11.8 Å². The first-order valence-electron chi connectivity index (χ1n) is 10.7. The van der Waals surface area contributed by atoms with Crippen LogP contribution in [0.1, 0.15) is 44.2 Å². The molecule has 2 fully saturated rings. The van der Waals surface area contributed by atoms with Crippen LogP contribution in [0, 0.1) is 17.8 Å². The highest BCUT2D eigenvalue weighted by Gasteiger charge is 2.28. The van der Waals surface area contributed by atoms with E-state index in [4.69, 9.17) is 0 Å². The van der Waals surface area contributed by atoms with E-state index in [2.05, 4.69) is 48.3 Å². The van der Waals surface area contributed by atoms with Crippen molar-refractivity contribution in [1.29, 1.82) is 0 Å². The first kappa shape index (κ1) is 22.2. The molecule has 1 aromatic carbocycles. The molecule has 0 saturated carbocycles. The Morgan fingerprint density at radius 1 is 1.03 bits per heavy atom. The lowest BCUT2D eigenvalue weighted by Crippen LogP contribution is -2.42. The summed E-state index contributed by atoms with van der Waals surface area (Å²) >= 11 is 0. The lowest BCUT2D eigenvalue weighted by molar-refractivity contribution is -0.126. The molecule has 2 saturated heterocycles. The first-order chi connectivity index (χ1) is 13.7. The van der Waals surface area contributed by atoms with Gasteiger partial charge in [-0.3, -0.25) is 9.69 Å². The van der Waals surface area contributed by atoms with Crippen molar-refractivity contribution in [2.75, 3.05) is 32.4 Å². The minimum absolute atomic E-state index is 0.0264. The molecule has 2 aliphatic heterocycles. The molecule has 6 nitrogen and oxygen atoms in total. The van der Waals surface area contributed by atoms with Crippen molar-refractivity contribution in [3.8, 4) is 0 Å². The molecule has 0 spiro atoms.